The van der Waals surface area contributed by atoms with Crippen LogP contribution in [0.3, 0.4) is 0 Å². The van der Waals surface area contributed by atoms with Gasteiger partial charge in [0.25, 0.3) is 0 Å². The molecule has 0 saturated heterocycles. The van der Waals surface area contributed by atoms with Crippen LogP contribution in [0.25, 0.3) is 22.5 Å². The Morgan fingerprint density at radius 2 is 1.04 bits per heavy atom. The van der Waals surface area contributed by atoms with Gasteiger partial charge < -0.3 is 0 Å². The second-order valence-electron chi connectivity index (χ2n) is 6.93. The van der Waals surface area contributed by atoms with E-state index in [0.29, 0.717) is 0 Å². The maximum absolute atomic E-state index is 5.05. The van der Waals surface area contributed by atoms with Crippen molar-refractivity contribution >= 4 is 0 Å². The lowest BCUT2D eigenvalue weighted by Crippen LogP contribution is -1.96. The van der Waals surface area contributed by atoms with Crippen LogP contribution in [0.5, 0.6) is 0 Å². The lowest BCUT2D eigenvalue weighted by molar-refractivity contribution is 0.795. The van der Waals surface area contributed by atoms with Gasteiger partial charge in [-0.3, -0.25) is 0 Å². The molecular formula is C25H29N. The van der Waals surface area contributed by atoms with Crippen LogP contribution in [0.2, 0.25) is 0 Å². The smallest absolute Gasteiger partial charge is 0.0712 e. The third kappa shape index (κ3) is 4.40. The predicted octanol–water partition coefficient (Wildman–Crippen LogP) is 7.10. The summed E-state index contributed by atoms with van der Waals surface area (Å²) in [6.45, 7) is 4.49. The Morgan fingerprint density at radius 1 is 0.577 bits per heavy atom. The summed E-state index contributed by atoms with van der Waals surface area (Å²) >= 11 is 0. The van der Waals surface area contributed by atoms with Crippen molar-refractivity contribution in [1.82, 2.24) is 4.98 Å². The van der Waals surface area contributed by atoms with E-state index in [-0.39, 0.29) is 0 Å². The number of pyridine rings is 1. The number of nitrogens with zero attached hydrogens (tertiary/aromatic N) is 1. The quantitative estimate of drug-likeness (QED) is 0.425. The SMILES string of the molecule is CCCCc1ccccc1-c1cccc(-c2ccccc2CCCC)n1. The van der Waals surface area contributed by atoms with E-state index >= 15 is 0 Å². The molecule has 0 aliphatic carbocycles. The predicted molar refractivity (Wildman–Crippen MR) is 112 cm³/mol. The summed E-state index contributed by atoms with van der Waals surface area (Å²) in [4.78, 5) is 5.05. The molecule has 1 heterocycles. The van der Waals surface area contributed by atoms with E-state index in [1.165, 1.54) is 47.9 Å². The van der Waals surface area contributed by atoms with Crippen molar-refractivity contribution in [3.05, 3.63) is 77.9 Å². The molecule has 26 heavy (non-hydrogen) atoms. The molecule has 0 bridgehead atoms. The highest BCUT2D eigenvalue weighted by molar-refractivity contribution is 5.70. The van der Waals surface area contributed by atoms with Gasteiger partial charge >= 0.3 is 0 Å². The molecule has 0 N–H and O–H groups in total. The molecule has 0 unspecified atom stereocenters. The minimum atomic E-state index is 1.08. The molecule has 2 aromatic carbocycles. The van der Waals surface area contributed by atoms with E-state index in [1.54, 1.807) is 0 Å². The Kier molecular flexibility index (Phi) is 6.60. The van der Waals surface area contributed by atoms with Gasteiger partial charge in [-0.25, -0.2) is 4.98 Å². The topological polar surface area (TPSA) is 12.9 Å². The zero-order valence-corrected chi connectivity index (χ0v) is 16.0. The molecule has 0 amide bonds. The highest BCUT2D eigenvalue weighted by Crippen LogP contribution is 2.28. The number of unbranched alkanes of at least 4 members (excludes halogenated alkanes) is 2. The van der Waals surface area contributed by atoms with Crippen LogP contribution in [-0.4, -0.2) is 4.98 Å². The van der Waals surface area contributed by atoms with Crippen LogP contribution in [0.15, 0.2) is 66.7 Å². The van der Waals surface area contributed by atoms with Crippen LogP contribution in [-0.2, 0) is 12.8 Å². The number of rotatable bonds is 8. The van der Waals surface area contributed by atoms with E-state index in [0.717, 1.165) is 24.2 Å². The molecule has 0 aliphatic heterocycles. The van der Waals surface area contributed by atoms with E-state index in [9.17, 15) is 0 Å². The fraction of sp³-hybridized carbons (Fsp3) is 0.320. The van der Waals surface area contributed by atoms with Crippen molar-refractivity contribution in [2.45, 2.75) is 52.4 Å². The molecule has 134 valence electrons. The van der Waals surface area contributed by atoms with Gasteiger partial charge in [0.15, 0.2) is 0 Å². The van der Waals surface area contributed by atoms with Crippen molar-refractivity contribution in [3.8, 4) is 22.5 Å². The van der Waals surface area contributed by atoms with Crippen molar-refractivity contribution in [3.63, 3.8) is 0 Å². The molecule has 1 aromatic heterocycles. The summed E-state index contributed by atoms with van der Waals surface area (Å²) in [5.41, 5.74) is 7.51. The maximum atomic E-state index is 5.05. The van der Waals surface area contributed by atoms with E-state index in [1.807, 2.05) is 0 Å². The van der Waals surface area contributed by atoms with E-state index in [2.05, 4.69) is 80.6 Å². The van der Waals surface area contributed by atoms with Crippen LogP contribution < -0.4 is 0 Å². The summed E-state index contributed by atoms with van der Waals surface area (Å²) in [6.07, 6.45) is 7.10. The first-order chi connectivity index (χ1) is 12.8. The van der Waals surface area contributed by atoms with Gasteiger partial charge in [-0.15, -0.1) is 0 Å². The highest BCUT2D eigenvalue weighted by atomic mass is 14.7. The molecule has 0 aliphatic rings. The largest absolute Gasteiger partial charge is 0.248 e. The lowest BCUT2D eigenvalue weighted by Gasteiger charge is -2.12. The second-order valence-corrected chi connectivity index (χ2v) is 6.93. The van der Waals surface area contributed by atoms with Gasteiger partial charge in [0.2, 0.25) is 0 Å². The van der Waals surface area contributed by atoms with Gasteiger partial charge in [-0.2, -0.15) is 0 Å². The molecule has 0 fully saturated rings. The molecule has 0 saturated carbocycles. The fourth-order valence-electron chi connectivity index (χ4n) is 3.45. The van der Waals surface area contributed by atoms with Gasteiger partial charge in [0.1, 0.15) is 0 Å². The van der Waals surface area contributed by atoms with Crippen LogP contribution in [0, 0.1) is 0 Å². The maximum Gasteiger partial charge on any atom is 0.0712 e. The van der Waals surface area contributed by atoms with Gasteiger partial charge in [-0.05, 0) is 48.9 Å². The normalized spacial score (nSPS) is 10.8. The number of hydrogen-bond donors (Lipinski definition) is 0. The summed E-state index contributed by atoms with van der Waals surface area (Å²) < 4.78 is 0. The van der Waals surface area contributed by atoms with E-state index in [4.69, 9.17) is 4.98 Å². The Bertz CT molecular complexity index is 768. The van der Waals surface area contributed by atoms with Crippen LogP contribution in [0.1, 0.15) is 50.7 Å². The average molecular weight is 344 g/mol. The Balaban J connectivity index is 1.98. The Labute approximate surface area is 158 Å². The molecule has 3 aromatic rings. The van der Waals surface area contributed by atoms with Crippen LogP contribution >= 0.6 is 0 Å². The molecule has 0 spiro atoms. The third-order valence-corrected chi connectivity index (χ3v) is 4.94. The lowest BCUT2D eigenvalue weighted by atomic mass is 9.97. The molecule has 1 nitrogen and oxygen atoms in total. The summed E-state index contributed by atoms with van der Waals surface area (Å²) in [5, 5.41) is 0. The van der Waals surface area contributed by atoms with E-state index < -0.39 is 0 Å². The number of hydrogen-bond acceptors (Lipinski definition) is 1. The molecule has 1 heteroatoms. The van der Waals surface area contributed by atoms with Crippen molar-refractivity contribution in [2.75, 3.05) is 0 Å². The van der Waals surface area contributed by atoms with Crippen molar-refractivity contribution < 1.29 is 0 Å². The number of benzene rings is 2. The van der Waals surface area contributed by atoms with Gasteiger partial charge in [-0.1, -0.05) is 81.3 Å². The molecule has 0 atom stereocenters. The molecular weight excluding hydrogens is 314 g/mol. The highest BCUT2D eigenvalue weighted by Gasteiger charge is 2.10. The van der Waals surface area contributed by atoms with Crippen LogP contribution in [0.4, 0.5) is 0 Å². The van der Waals surface area contributed by atoms with Crippen molar-refractivity contribution in [1.29, 1.82) is 0 Å². The van der Waals surface area contributed by atoms with Gasteiger partial charge in [0.05, 0.1) is 11.4 Å². The minimum Gasteiger partial charge on any atom is -0.248 e. The first-order valence-corrected chi connectivity index (χ1v) is 9.97. The molecule has 3 rings (SSSR count). The Hall–Kier alpha value is -2.41. The van der Waals surface area contributed by atoms with Crippen molar-refractivity contribution in [2.24, 2.45) is 0 Å². The average Bonchev–Trinajstić information content (AvgIpc) is 2.71. The second kappa shape index (κ2) is 9.33. The first kappa shape index (κ1) is 18.4. The van der Waals surface area contributed by atoms with Gasteiger partial charge in [0, 0.05) is 11.1 Å². The zero-order valence-electron chi connectivity index (χ0n) is 16.0. The summed E-state index contributed by atoms with van der Waals surface area (Å²) in [7, 11) is 0. The zero-order chi connectivity index (χ0) is 18.2. The number of aromatic nitrogens is 1. The minimum absolute atomic E-state index is 1.08. The summed E-state index contributed by atoms with van der Waals surface area (Å²) in [6, 6.07) is 23.8. The monoisotopic (exact) mass is 343 g/mol. The summed E-state index contributed by atoms with van der Waals surface area (Å²) in [5.74, 6) is 0. The first-order valence-electron chi connectivity index (χ1n) is 9.97. The standard InChI is InChI=1S/C25H29N/c1-3-5-12-20-14-7-9-16-22(20)24-18-11-19-25(26-24)23-17-10-8-15-21(23)13-6-4-2/h7-11,14-19H,3-6,12-13H2,1-2H3. The number of aryl methyl sites for hydroxylation is 2. The Morgan fingerprint density at radius 3 is 1.50 bits per heavy atom. The molecule has 0 radical (unpaired) electrons. The fourth-order valence-corrected chi connectivity index (χ4v) is 3.45. The third-order valence-electron chi connectivity index (χ3n) is 4.94.